The number of anilines is 1. The van der Waals surface area contributed by atoms with Gasteiger partial charge in [-0.2, -0.15) is 0 Å². The molecule has 1 aliphatic carbocycles. The van der Waals surface area contributed by atoms with Gasteiger partial charge in [-0.05, 0) is 44.7 Å². The molecule has 1 aliphatic heterocycles. The van der Waals surface area contributed by atoms with Gasteiger partial charge in [-0.3, -0.25) is 14.4 Å². The smallest absolute Gasteiger partial charge is 0.227 e. The maximum atomic E-state index is 12.7. The summed E-state index contributed by atoms with van der Waals surface area (Å²) < 4.78 is 5.57. The lowest BCUT2D eigenvalue weighted by Crippen LogP contribution is -2.50. The number of ether oxygens (including phenoxy) is 1. The minimum atomic E-state index is -0.0781. The summed E-state index contributed by atoms with van der Waals surface area (Å²) in [6.07, 6.45) is 3.74. The molecule has 7 nitrogen and oxygen atoms in total. The van der Waals surface area contributed by atoms with Crippen molar-refractivity contribution in [3.05, 3.63) is 24.3 Å². The van der Waals surface area contributed by atoms with E-state index in [1.807, 2.05) is 36.1 Å². The lowest BCUT2D eigenvalue weighted by Gasteiger charge is -2.36. The third-order valence-corrected chi connectivity index (χ3v) is 5.67. The second-order valence-electron chi connectivity index (χ2n) is 7.43. The van der Waals surface area contributed by atoms with Crippen molar-refractivity contribution in [2.45, 2.75) is 32.6 Å². The molecule has 0 aromatic heterocycles. The molecule has 1 aromatic rings. The standard InChI is InChI=1S/C21H29N3O4/c1-2-28-19-6-4-3-5-18(19)22-20(26)16-7-9-17(10-8-16)21(27)24-13-11-23(15-25)12-14-24/h3-6,15-17H,2,7-14H2,1H3,(H,22,26). The van der Waals surface area contributed by atoms with Gasteiger partial charge >= 0.3 is 0 Å². The Balaban J connectivity index is 1.49. The Bertz CT molecular complexity index is 693. The summed E-state index contributed by atoms with van der Waals surface area (Å²) in [6, 6.07) is 7.44. The lowest BCUT2D eigenvalue weighted by atomic mass is 9.80. The summed E-state index contributed by atoms with van der Waals surface area (Å²) in [6.45, 7) is 4.87. The number of hydrogen-bond donors (Lipinski definition) is 1. The maximum Gasteiger partial charge on any atom is 0.227 e. The van der Waals surface area contributed by atoms with Gasteiger partial charge in [0.2, 0.25) is 18.2 Å². The lowest BCUT2D eigenvalue weighted by molar-refractivity contribution is -0.140. The Morgan fingerprint density at radius 1 is 1.07 bits per heavy atom. The topological polar surface area (TPSA) is 79.0 Å². The molecule has 1 aromatic carbocycles. The van der Waals surface area contributed by atoms with Crippen LogP contribution >= 0.6 is 0 Å². The molecule has 0 atom stereocenters. The summed E-state index contributed by atoms with van der Waals surface area (Å²) in [5.41, 5.74) is 0.695. The van der Waals surface area contributed by atoms with Crippen LogP contribution in [-0.2, 0) is 14.4 Å². The van der Waals surface area contributed by atoms with Crippen molar-refractivity contribution in [1.82, 2.24) is 9.80 Å². The zero-order valence-corrected chi connectivity index (χ0v) is 16.4. The van der Waals surface area contributed by atoms with Gasteiger partial charge in [0.25, 0.3) is 0 Å². The van der Waals surface area contributed by atoms with Crippen molar-refractivity contribution in [1.29, 1.82) is 0 Å². The first kappa shape index (κ1) is 20.2. The number of carbonyl (C=O) groups is 3. The molecule has 2 fully saturated rings. The largest absolute Gasteiger partial charge is 0.492 e. The van der Waals surface area contributed by atoms with Crippen molar-refractivity contribution in [3.8, 4) is 5.75 Å². The molecule has 3 rings (SSSR count). The predicted molar refractivity (Wildman–Crippen MR) is 106 cm³/mol. The number of benzene rings is 1. The first-order chi connectivity index (χ1) is 13.6. The van der Waals surface area contributed by atoms with Gasteiger partial charge in [0.1, 0.15) is 5.75 Å². The van der Waals surface area contributed by atoms with Crippen molar-refractivity contribution in [2.75, 3.05) is 38.1 Å². The highest BCUT2D eigenvalue weighted by Gasteiger charge is 2.33. The fraction of sp³-hybridized carbons (Fsp3) is 0.571. The van der Waals surface area contributed by atoms with Crippen LogP contribution in [0.3, 0.4) is 0 Å². The number of rotatable bonds is 6. The highest BCUT2D eigenvalue weighted by molar-refractivity contribution is 5.94. The van der Waals surface area contributed by atoms with Crippen LogP contribution in [0.5, 0.6) is 5.75 Å². The Morgan fingerprint density at radius 2 is 1.71 bits per heavy atom. The molecule has 0 unspecified atom stereocenters. The third-order valence-electron chi connectivity index (χ3n) is 5.67. The second-order valence-corrected chi connectivity index (χ2v) is 7.43. The van der Waals surface area contributed by atoms with Gasteiger partial charge in [-0.1, -0.05) is 12.1 Å². The molecule has 1 heterocycles. The average molecular weight is 387 g/mol. The van der Waals surface area contributed by atoms with Crippen molar-refractivity contribution in [3.63, 3.8) is 0 Å². The van der Waals surface area contributed by atoms with E-state index in [0.29, 0.717) is 57.1 Å². The zero-order chi connectivity index (χ0) is 19.9. The summed E-state index contributed by atoms with van der Waals surface area (Å²) >= 11 is 0. The van der Waals surface area contributed by atoms with E-state index in [9.17, 15) is 14.4 Å². The van der Waals surface area contributed by atoms with Gasteiger partial charge in [0.05, 0.1) is 12.3 Å². The molecular weight excluding hydrogens is 358 g/mol. The quantitative estimate of drug-likeness (QED) is 0.759. The van der Waals surface area contributed by atoms with Gasteiger partial charge in [0.15, 0.2) is 0 Å². The molecule has 0 spiro atoms. The van der Waals surface area contributed by atoms with Gasteiger partial charge in [-0.25, -0.2) is 0 Å². The number of nitrogens with one attached hydrogen (secondary N) is 1. The van der Waals surface area contributed by atoms with Crippen molar-refractivity contribution >= 4 is 23.9 Å². The van der Waals surface area contributed by atoms with Crippen LogP contribution in [0.1, 0.15) is 32.6 Å². The zero-order valence-electron chi connectivity index (χ0n) is 16.4. The van der Waals surface area contributed by atoms with Crippen LogP contribution < -0.4 is 10.1 Å². The summed E-state index contributed by atoms with van der Waals surface area (Å²) in [5.74, 6) is 0.758. The van der Waals surface area contributed by atoms with E-state index in [0.717, 1.165) is 19.3 Å². The number of para-hydroxylation sites is 2. The monoisotopic (exact) mass is 387 g/mol. The van der Waals surface area contributed by atoms with Crippen molar-refractivity contribution < 1.29 is 19.1 Å². The number of hydrogen-bond acceptors (Lipinski definition) is 4. The first-order valence-corrected chi connectivity index (χ1v) is 10.1. The summed E-state index contributed by atoms with van der Waals surface area (Å²) in [7, 11) is 0. The van der Waals surface area contributed by atoms with Crippen molar-refractivity contribution in [2.24, 2.45) is 11.8 Å². The molecular formula is C21H29N3O4. The van der Waals surface area contributed by atoms with E-state index in [2.05, 4.69) is 5.32 Å². The van der Waals surface area contributed by atoms with E-state index in [1.165, 1.54) is 0 Å². The van der Waals surface area contributed by atoms with Crippen LogP contribution in [0.25, 0.3) is 0 Å². The molecule has 1 N–H and O–H groups in total. The van der Waals surface area contributed by atoms with E-state index in [1.54, 1.807) is 4.90 Å². The molecule has 0 radical (unpaired) electrons. The molecule has 0 bridgehead atoms. The van der Waals surface area contributed by atoms with Gasteiger partial charge in [0, 0.05) is 38.0 Å². The molecule has 3 amide bonds. The second kappa shape index (κ2) is 9.57. The van der Waals surface area contributed by atoms with E-state index in [-0.39, 0.29) is 23.7 Å². The minimum absolute atomic E-state index is 0.00218. The van der Waals surface area contributed by atoms with Gasteiger partial charge < -0.3 is 19.9 Å². The van der Waals surface area contributed by atoms with E-state index in [4.69, 9.17) is 4.74 Å². The fourth-order valence-corrected chi connectivity index (χ4v) is 3.99. The molecule has 28 heavy (non-hydrogen) atoms. The average Bonchev–Trinajstić information content (AvgIpc) is 2.75. The molecule has 7 heteroatoms. The molecule has 1 saturated carbocycles. The van der Waals surface area contributed by atoms with Crippen LogP contribution in [0.15, 0.2) is 24.3 Å². The van der Waals surface area contributed by atoms with Crippen LogP contribution in [0, 0.1) is 11.8 Å². The fourth-order valence-electron chi connectivity index (χ4n) is 3.99. The van der Waals surface area contributed by atoms with Crippen LogP contribution in [0.4, 0.5) is 5.69 Å². The first-order valence-electron chi connectivity index (χ1n) is 10.1. The SMILES string of the molecule is CCOc1ccccc1NC(=O)C1CCC(C(=O)N2CCN(C=O)CC2)CC1. The Labute approximate surface area is 166 Å². The Kier molecular flexibility index (Phi) is 6.90. The summed E-state index contributed by atoms with van der Waals surface area (Å²) in [4.78, 5) is 39.8. The number of piperazine rings is 1. The van der Waals surface area contributed by atoms with Gasteiger partial charge in [-0.15, -0.1) is 0 Å². The number of carbonyl (C=O) groups excluding carboxylic acids is 3. The minimum Gasteiger partial charge on any atom is -0.492 e. The molecule has 1 saturated heterocycles. The van der Waals surface area contributed by atoms with Crippen LogP contribution in [-0.4, -0.2) is 60.8 Å². The highest BCUT2D eigenvalue weighted by atomic mass is 16.5. The third kappa shape index (κ3) is 4.82. The number of nitrogens with zero attached hydrogens (tertiary/aromatic N) is 2. The predicted octanol–water partition coefficient (Wildman–Crippen LogP) is 2.13. The van der Waals surface area contributed by atoms with E-state index >= 15 is 0 Å². The molecule has 2 aliphatic rings. The molecule has 152 valence electrons. The number of amides is 3. The maximum absolute atomic E-state index is 12.7. The Morgan fingerprint density at radius 3 is 2.36 bits per heavy atom. The summed E-state index contributed by atoms with van der Waals surface area (Å²) in [5, 5.41) is 2.99. The Hall–Kier alpha value is -2.57. The highest BCUT2D eigenvalue weighted by Crippen LogP contribution is 2.32. The van der Waals surface area contributed by atoms with E-state index < -0.39 is 0 Å². The van der Waals surface area contributed by atoms with Crippen LogP contribution in [0.2, 0.25) is 0 Å². The normalized spacial score (nSPS) is 22.5.